The second-order valence-corrected chi connectivity index (χ2v) is 10.5. The van der Waals surface area contributed by atoms with E-state index in [4.69, 9.17) is 9.72 Å². The first kappa shape index (κ1) is 28.1. The number of nitro groups is 1. The highest BCUT2D eigenvalue weighted by atomic mass is 79.9. The number of nitrogens with zero attached hydrogens (tertiary/aromatic N) is 4. The lowest BCUT2D eigenvalue weighted by Gasteiger charge is -2.22. The molecule has 5 rings (SSSR count). The van der Waals surface area contributed by atoms with Gasteiger partial charge in [0.15, 0.2) is 6.61 Å². The number of benzene rings is 3. The van der Waals surface area contributed by atoms with E-state index in [1.165, 1.54) is 41.2 Å². The Morgan fingerprint density at radius 1 is 1.17 bits per heavy atom. The molecule has 1 N–H and O–H groups in total. The summed E-state index contributed by atoms with van der Waals surface area (Å²) >= 11 is 3.30. The molecule has 0 unspecified atom stereocenters. The highest BCUT2D eigenvalue weighted by Gasteiger charge is 2.24. The summed E-state index contributed by atoms with van der Waals surface area (Å²) in [5.41, 5.74) is 0.584. The zero-order chi connectivity index (χ0) is 28.9. The van der Waals surface area contributed by atoms with Crippen LogP contribution in [0.1, 0.15) is 49.4 Å². The van der Waals surface area contributed by atoms with Gasteiger partial charge >= 0.3 is 5.69 Å². The topological polar surface area (TPSA) is 129 Å². The van der Waals surface area contributed by atoms with E-state index < -0.39 is 28.9 Å². The monoisotopic (exact) mass is 621 g/mol. The lowest BCUT2D eigenvalue weighted by molar-refractivity contribution is -0.385. The predicted molar refractivity (Wildman–Crippen MR) is 156 cm³/mol. The third kappa shape index (κ3) is 6.49. The summed E-state index contributed by atoms with van der Waals surface area (Å²) in [4.78, 5) is 41.8. The number of fused-ring (bicyclic) bond motifs is 1. The van der Waals surface area contributed by atoms with Gasteiger partial charge in [-0.2, -0.15) is 9.78 Å². The fraction of sp³-hybridized carbons (Fsp3) is 0.241. The van der Waals surface area contributed by atoms with E-state index in [9.17, 15) is 24.1 Å². The lowest BCUT2D eigenvalue weighted by Crippen LogP contribution is -2.25. The second kappa shape index (κ2) is 12.4. The Bertz CT molecular complexity index is 1700. The van der Waals surface area contributed by atoms with Gasteiger partial charge in [-0.1, -0.05) is 31.4 Å². The fourth-order valence-electron chi connectivity index (χ4n) is 4.82. The first-order chi connectivity index (χ1) is 19.8. The lowest BCUT2D eigenvalue weighted by atomic mass is 9.88. The number of nitrogens with one attached hydrogen (secondary N) is 1. The summed E-state index contributed by atoms with van der Waals surface area (Å²) in [6.45, 7) is -0.521. The maximum absolute atomic E-state index is 13.4. The van der Waals surface area contributed by atoms with Crippen LogP contribution in [-0.4, -0.2) is 33.3 Å². The molecule has 1 saturated carbocycles. The Balaban J connectivity index is 1.42. The maximum Gasteiger partial charge on any atom is 0.312 e. The molecule has 1 aliphatic rings. The molecule has 0 bridgehead atoms. The van der Waals surface area contributed by atoms with Gasteiger partial charge in [-0.15, -0.1) is 0 Å². The summed E-state index contributed by atoms with van der Waals surface area (Å²) in [6, 6.07) is 15.0. The molecule has 210 valence electrons. The minimum absolute atomic E-state index is 0.0797. The van der Waals surface area contributed by atoms with Crippen molar-refractivity contribution < 1.29 is 18.8 Å². The zero-order valence-electron chi connectivity index (χ0n) is 21.8. The molecule has 0 aliphatic heterocycles. The molecular formula is C29H25BrFN5O5. The van der Waals surface area contributed by atoms with Crippen molar-refractivity contribution in [2.75, 3.05) is 11.9 Å². The van der Waals surface area contributed by atoms with E-state index in [2.05, 4.69) is 26.3 Å². The average Bonchev–Trinajstić information content (AvgIpc) is 2.97. The summed E-state index contributed by atoms with van der Waals surface area (Å²) in [6.07, 6.45) is 6.39. The average molecular weight is 622 g/mol. The zero-order valence-corrected chi connectivity index (χ0v) is 23.3. The maximum atomic E-state index is 13.4. The first-order valence-electron chi connectivity index (χ1n) is 13.0. The van der Waals surface area contributed by atoms with Crippen molar-refractivity contribution in [3.8, 4) is 5.75 Å². The number of carbonyl (C=O) groups is 1. The summed E-state index contributed by atoms with van der Waals surface area (Å²) in [7, 11) is 0. The van der Waals surface area contributed by atoms with Gasteiger partial charge in [0.25, 0.3) is 11.5 Å². The highest BCUT2D eigenvalue weighted by molar-refractivity contribution is 9.10. The van der Waals surface area contributed by atoms with E-state index in [1.807, 2.05) is 6.07 Å². The van der Waals surface area contributed by atoms with E-state index >= 15 is 0 Å². The molecule has 0 spiro atoms. The Morgan fingerprint density at radius 3 is 2.63 bits per heavy atom. The van der Waals surface area contributed by atoms with Crippen molar-refractivity contribution in [1.82, 2.24) is 9.66 Å². The largest absolute Gasteiger partial charge is 0.476 e. The molecule has 1 heterocycles. The van der Waals surface area contributed by atoms with E-state index in [0.717, 1.165) is 32.1 Å². The van der Waals surface area contributed by atoms with Crippen LogP contribution >= 0.6 is 15.9 Å². The number of carbonyl (C=O) groups excluding carboxylic acids is 1. The Hall–Kier alpha value is -4.45. The number of hydrogen-bond donors (Lipinski definition) is 1. The molecule has 1 fully saturated rings. The van der Waals surface area contributed by atoms with Crippen LogP contribution < -0.4 is 15.6 Å². The van der Waals surface area contributed by atoms with Crippen LogP contribution in [0.4, 0.5) is 15.8 Å². The minimum Gasteiger partial charge on any atom is -0.476 e. The van der Waals surface area contributed by atoms with Gasteiger partial charge in [-0.25, -0.2) is 9.37 Å². The molecule has 10 nitrogen and oxygen atoms in total. The number of hydrogen-bond acceptors (Lipinski definition) is 7. The molecule has 0 saturated heterocycles. The SMILES string of the molecule is O=C(COc1c(Br)cc(C=Nn2c(C3CCCCC3)nc3ccccc3c2=O)cc1[N+](=O)[O-])Nc1ccc(F)cc1. The van der Waals surface area contributed by atoms with Gasteiger partial charge in [-0.05, 0) is 71.2 Å². The number of aromatic nitrogens is 2. The van der Waals surface area contributed by atoms with Crippen LogP contribution in [0.15, 0.2) is 75.0 Å². The van der Waals surface area contributed by atoms with Gasteiger partial charge in [0, 0.05) is 23.2 Å². The first-order valence-corrected chi connectivity index (χ1v) is 13.8. The highest BCUT2D eigenvalue weighted by Crippen LogP contribution is 2.36. The molecule has 0 radical (unpaired) electrons. The third-order valence-electron chi connectivity index (χ3n) is 6.79. The van der Waals surface area contributed by atoms with Gasteiger partial charge in [0.1, 0.15) is 11.6 Å². The van der Waals surface area contributed by atoms with Crippen molar-refractivity contribution in [3.63, 3.8) is 0 Å². The molecule has 12 heteroatoms. The molecule has 4 aromatic rings. The number of nitro benzene ring substituents is 1. The number of halogens is 2. The number of anilines is 1. The minimum atomic E-state index is -0.632. The molecule has 1 amide bonds. The fourth-order valence-corrected chi connectivity index (χ4v) is 5.40. The van der Waals surface area contributed by atoms with Gasteiger partial charge in [0.2, 0.25) is 5.75 Å². The molecule has 0 atom stereocenters. The molecular weight excluding hydrogens is 597 g/mol. The van der Waals surface area contributed by atoms with Crippen molar-refractivity contribution >= 4 is 50.3 Å². The Labute approximate surface area is 242 Å². The smallest absolute Gasteiger partial charge is 0.312 e. The van der Waals surface area contributed by atoms with E-state index in [-0.39, 0.29) is 21.7 Å². The van der Waals surface area contributed by atoms with E-state index in [1.54, 1.807) is 24.3 Å². The number of rotatable bonds is 8. The number of para-hydroxylation sites is 1. The number of ether oxygens (including phenoxy) is 1. The molecule has 41 heavy (non-hydrogen) atoms. The summed E-state index contributed by atoms with van der Waals surface area (Å²) < 4.78 is 20.1. The van der Waals surface area contributed by atoms with Gasteiger partial charge < -0.3 is 10.1 Å². The van der Waals surface area contributed by atoms with Gasteiger partial charge in [0.05, 0.1) is 26.5 Å². The van der Waals surface area contributed by atoms with Crippen molar-refractivity contribution in [2.24, 2.45) is 5.10 Å². The molecule has 3 aromatic carbocycles. The van der Waals surface area contributed by atoms with Crippen LogP contribution in [-0.2, 0) is 4.79 Å². The Kier molecular flexibility index (Phi) is 8.48. The number of amides is 1. The van der Waals surface area contributed by atoms with Crippen LogP contribution in [0.25, 0.3) is 10.9 Å². The van der Waals surface area contributed by atoms with Crippen LogP contribution in [0.5, 0.6) is 5.75 Å². The predicted octanol–water partition coefficient (Wildman–Crippen LogP) is 6.15. The van der Waals surface area contributed by atoms with Crippen molar-refractivity contribution in [2.45, 2.75) is 38.0 Å². The third-order valence-corrected chi connectivity index (χ3v) is 7.38. The summed E-state index contributed by atoms with van der Waals surface area (Å²) in [5, 5.41) is 19.3. The molecule has 1 aromatic heterocycles. The van der Waals surface area contributed by atoms with Gasteiger partial charge in [-0.3, -0.25) is 19.7 Å². The van der Waals surface area contributed by atoms with E-state index in [0.29, 0.717) is 28.0 Å². The van der Waals surface area contributed by atoms with Crippen molar-refractivity contribution in [3.05, 3.63) is 103 Å². The van der Waals surface area contributed by atoms with Crippen LogP contribution in [0, 0.1) is 15.9 Å². The standard InChI is InChI=1S/C29H25BrFN5O5/c30-23-14-18(15-25(36(39)40)27(23)41-17-26(37)33-21-12-10-20(31)11-13-21)16-32-35-28(19-6-2-1-3-7-19)34-24-9-5-4-8-22(24)29(35)38/h4-5,8-16,19H,1-3,6-7,17H2,(H,33,37). The summed E-state index contributed by atoms with van der Waals surface area (Å²) in [5.74, 6) is -0.522. The Morgan fingerprint density at radius 2 is 1.90 bits per heavy atom. The normalized spacial score (nSPS) is 13.9. The van der Waals surface area contributed by atoms with Crippen LogP contribution in [0.3, 0.4) is 0 Å². The second-order valence-electron chi connectivity index (χ2n) is 9.64. The molecule has 1 aliphatic carbocycles. The van der Waals surface area contributed by atoms with Crippen LogP contribution in [0.2, 0.25) is 0 Å². The quantitative estimate of drug-likeness (QED) is 0.143. The van der Waals surface area contributed by atoms with Crippen molar-refractivity contribution in [1.29, 1.82) is 0 Å².